The molecule has 0 bridgehead atoms. The lowest BCUT2D eigenvalue weighted by Gasteiger charge is -2.61. The zero-order valence-electron chi connectivity index (χ0n) is 7.48. The van der Waals surface area contributed by atoms with Crippen LogP contribution in [-0.2, 0) is 0 Å². The normalized spacial score (nSPS) is 33.0. The van der Waals surface area contributed by atoms with Gasteiger partial charge in [-0.3, -0.25) is 11.3 Å². The van der Waals surface area contributed by atoms with E-state index in [4.69, 9.17) is 5.84 Å². The molecule has 1 spiro atoms. The minimum Gasteiger partial charge on any atom is -0.271 e. The van der Waals surface area contributed by atoms with Crippen molar-refractivity contribution in [2.75, 3.05) is 0 Å². The van der Waals surface area contributed by atoms with Crippen molar-refractivity contribution < 1.29 is 0 Å². The van der Waals surface area contributed by atoms with E-state index in [1.165, 1.54) is 25.7 Å². The van der Waals surface area contributed by atoms with E-state index in [9.17, 15) is 0 Å². The fraction of sp³-hybridized carbons (Fsp3) is 1.00. The van der Waals surface area contributed by atoms with Crippen LogP contribution in [0.2, 0.25) is 0 Å². The van der Waals surface area contributed by atoms with Crippen LogP contribution in [0.1, 0.15) is 39.5 Å². The average molecular weight is 154 g/mol. The smallest absolute Gasteiger partial charge is 0.0221 e. The highest BCUT2D eigenvalue weighted by atomic mass is 15.2. The molecule has 0 aliphatic heterocycles. The second kappa shape index (κ2) is 1.99. The maximum absolute atomic E-state index is 5.35. The number of hydrogen-bond donors (Lipinski definition) is 2. The van der Waals surface area contributed by atoms with Crippen molar-refractivity contribution >= 4 is 0 Å². The quantitative estimate of drug-likeness (QED) is 0.443. The molecule has 0 unspecified atom stereocenters. The van der Waals surface area contributed by atoms with Gasteiger partial charge in [0.05, 0.1) is 0 Å². The number of nitrogens with one attached hydrogen (secondary N) is 1. The van der Waals surface area contributed by atoms with Crippen molar-refractivity contribution in [1.29, 1.82) is 0 Å². The Hall–Kier alpha value is -0.0800. The van der Waals surface area contributed by atoms with Crippen LogP contribution in [0.25, 0.3) is 0 Å². The third-order valence-corrected chi connectivity index (χ3v) is 3.30. The predicted octanol–water partition coefficient (Wildman–Crippen LogP) is 1.42. The fourth-order valence-corrected chi connectivity index (χ4v) is 3.37. The third-order valence-electron chi connectivity index (χ3n) is 3.30. The van der Waals surface area contributed by atoms with Crippen LogP contribution in [0.4, 0.5) is 0 Å². The third kappa shape index (κ3) is 1.09. The maximum Gasteiger partial charge on any atom is 0.0221 e. The van der Waals surface area contributed by atoms with Gasteiger partial charge >= 0.3 is 0 Å². The lowest BCUT2D eigenvalue weighted by molar-refractivity contribution is -0.0939. The molecular formula is C9H18N2. The summed E-state index contributed by atoms with van der Waals surface area (Å²) in [6.07, 6.45) is 5.45. The standard InChI is InChI=1S/C9H18N2/c1-8(2)5-9(6-8)3-7(4-9)11-10/h7,11H,3-6,10H2,1-2H3. The van der Waals surface area contributed by atoms with E-state index < -0.39 is 0 Å². The van der Waals surface area contributed by atoms with Gasteiger partial charge in [0.2, 0.25) is 0 Å². The molecule has 2 rings (SSSR count). The first-order valence-electron chi connectivity index (χ1n) is 4.52. The van der Waals surface area contributed by atoms with E-state index in [0.717, 1.165) is 0 Å². The molecule has 0 saturated heterocycles. The van der Waals surface area contributed by atoms with Crippen molar-refractivity contribution in [3.63, 3.8) is 0 Å². The molecule has 2 saturated carbocycles. The monoisotopic (exact) mass is 154 g/mol. The largest absolute Gasteiger partial charge is 0.271 e. The van der Waals surface area contributed by atoms with Gasteiger partial charge in [0, 0.05) is 6.04 Å². The number of rotatable bonds is 1. The zero-order valence-corrected chi connectivity index (χ0v) is 7.48. The highest BCUT2D eigenvalue weighted by Crippen LogP contribution is 2.63. The summed E-state index contributed by atoms with van der Waals surface area (Å²) in [5, 5.41) is 0. The molecule has 0 aromatic carbocycles. The van der Waals surface area contributed by atoms with Gasteiger partial charge in [-0.25, -0.2) is 0 Å². The van der Waals surface area contributed by atoms with E-state index in [1.54, 1.807) is 0 Å². The van der Waals surface area contributed by atoms with Crippen LogP contribution < -0.4 is 11.3 Å². The lowest BCUT2D eigenvalue weighted by atomic mass is 9.45. The number of hydrogen-bond acceptors (Lipinski definition) is 2. The molecule has 0 radical (unpaired) electrons. The van der Waals surface area contributed by atoms with E-state index in [1.807, 2.05) is 0 Å². The highest BCUT2D eigenvalue weighted by Gasteiger charge is 2.55. The van der Waals surface area contributed by atoms with Crippen LogP contribution in [0.15, 0.2) is 0 Å². The van der Waals surface area contributed by atoms with E-state index in [0.29, 0.717) is 16.9 Å². The van der Waals surface area contributed by atoms with Gasteiger partial charge in [-0.1, -0.05) is 13.8 Å². The molecule has 2 fully saturated rings. The van der Waals surface area contributed by atoms with Crippen LogP contribution >= 0.6 is 0 Å². The first-order valence-corrected chi connectivity index (χ1v) is 4.52. The molecule has 0 amide bonds. The molecule has 0 heterocycles. The molecule has 0 aromatic heterocycles. The van der Waals surface area contributed by atoms with E-state index >= 15 is 0 Å². The average Bonchev–Trinajstić information content (AvgIpc) is 1.75. The molecule has 3 N–H and O–H groups in total. The highest BCUT2D eigenvalue weighted by molar-refractivity contribution is 5.08. The first kappa shape index (κ1) is 7.56. The summed E-state index contributed by atoms with van der Waals surface area (Å²) in [5.74, 6) is 5.35. The Bertz CT molecular complexity index is 158. The van der Waals surface area contributed by atoms with Gasteiger partial charge in [-0.05, 0) is 36.5 Å². The Morgan fingerprint density at radius 1 is 1.27 bits per heavy atom. The second-order valence-electron chi connectivity index (χ2n) is 5.29. The van der Waals surface area contributed by atoms with Crippen molar-refractivity contribution in [2.24, 2.45) is 16.7 Å². The van der Waals surface area contributed by atoms with Gasteiger partial charge in [-0.15, -0.1) is 0 Å². The molecule has 2 nitrogen and oxygen atoms in total. The van der Waals surface area contributed by atoms with Crippen molar-refractivity contribution in [3.8, 4) is 0 Å². The summed E-state index contributed by atoms with van der Waals surface area (Å²) in [6, 6.07) is 0.617. The fourth-order valence-electron chi connectivity index (χ4n) is 3.37. The molecule has 2 heteroatoms. The van der Waals surface area contributed by atoms with Crippen LogP contribution in [0.3, 0.4) is 0 Å². The lowest BCUT2D eigenvalue weighted by Crippen LogP contribution is -2.58. The summed E-state index contributed by atoms with van der Waals surface area (Å²) in [5.41, 5.74) is 4.19. The van der Waals surface area contributed by atoms with E-state index in [-0.39, 0.29) is 0 Å². The maximum atomic E-state index is 5.35. The minimum atomic E-state index is 0.617. The molecule has 0 atom stereocenters. The Morgan fingerprint density at radius 2 is 1.82 bits per heavy atom. The van der Waals surface area contributed by atoms with Crippen LogP contribution in [0, 0.1) is 10.8 Å². The predicted molar refractivity (Wildman–Crippen MR) is 45.8 cm³/mol. The molecule has 0 aromatic rings. The van der Waals surface area contributed by atoms with Gasteiger partial charge in [0.25, 0.3) is 0 Å². The van der Waals surface area contributed by atoms with Gasteiger partial charge < -0.3 is 0 Å². The van der Waals surface area contributed by atoms with Gasteiger partial charge in [-0.2, -0.15) is 0 Å². The Balaban J connectivity index is 1.83. The number of nitrogens with two attached hydrogens (primary N) is 1. The molecule has 2 aliphatic rings. The van der Waals surface area contributed by atoms with Crippen molar-refractivity contribution in [3.05, 3.63) is 0 Å². The minimum absolute atomic E-state index is 0.617. The topological polar surface area (TPSA) is 38.0 Å². The molecular weight excluding hydrogens is 136 g/mol. The summed E-state index contributed by atoms with van der Waals surface area (Å²) < 4.78 is 0. The number of hydrazine groups is 1. The second-order valence-corrected chi connectivity index (χ2v) is 5.29. The van der Waals surface area contributed by atoms with Crippen molar-refractivity contribution in [2.45, 2.75) is 45.6 Å². The molecule has 2 aliphatic carbocycles. The Morgan fingerprint density at radius 3 is 2.18 bits per heavy atom. The first-order chi connectivity index (χ1) is 5.05. The Labute approximate surface area is 68.5 Å². The molecule has 11 heavy (non-hydrogen) atoms. The van der Waals surface area contributed by atoms with Gasteiger partial charge in [0.1, 0.15) is 0 Å². The van der Waals surface area contributed by atoms with E-state index in [2.05, 4.69) is 19.3 Å². The van der Waals surface area contributed by atoms with Crippen LogP contribution in [0.5, 0.6) is 0 Å². The summed E-state index contributed by atoms with van der Waals surface area (Å²) in [7, 11) is 0. The van der Waals surface area contributed by atoms with Crippen molar-refractivity contribution in [1.82, 2.24) is 5.43 Å². The Kier molecular flexibility index (Phi) is 1.37. The molecule has 64 valence electrons. The van der Waals surface area contributed by atoms with Gasteiger partial charge in [0.15, 0.2) is 0 Å². The summed E-state index contributed by atoms with van der Waals surface area (Å²) in [4.78, 5) is 0. The van der Waals surface area contributed by atoms with Crippen LogP contribution in [-0.4, -0.2) is 6.04 Å². The summed E-state index contributed by atoms with van der Waals surface area (Å²) >= 11 is 0. The summed E-state index contributed by atoms with van der Waals surface area (Å²) in [6.45, 7) is 4.73. The SMILES string of the molecule is CC1(C)CC2(CC(NN)C2)C1. The zero-order chi connectivity index (χ0) is 8.11.